The Hall–Kier alpha value is -2.11. The Kier molecular flexibility index (Phi) is 6.14. The summed E-state index contributed by atoms with van der Waals surface area (Å²) < 4.78 is 0. The molecule has 0 aliphatic carbocycles. The number of hydrogen-bond acceptors (Lipinski definition) is 3. The van der Waals surface area contributed by atoms with Crippen LogP contribution in [0.1, 0.15) is 31.7 Å². The molecule has 1 atom stereocenters. The molecule has 0 aliphatic rings. The summed E-state index contributed by atoms with van der Waals surface area (Å²) in [5.41, 5.74) is 1.65. The number of aromatic nitrogens is 1. The number of aryl methyl sites for hydroxylation is 1. The van der Waals surface area contributed by atoms with E-state index in [2.05, 4.69) is 10.3 Å². The molecule has 2 N–H and O–H groups in total. The topological polar surface area (TPSA) is 82.5 Å². The number of urea groups is 1. The Morgan fingerprint density at radius 2 is 2.05 bits per heavy atom. The van der Waals surface area contributed by atoms with Gasteiger partial charge in [0, 0.05) is 12.7 Å². The summed E-state index contributed by atoms with van der Waals surface area (Å²) in [6.45, 7) is 6.05. The van der Waals surface area contributed by atoms with Crippen molar-refractivity contribution in [2.45, 2.75) is 39.8 Å². The lowest BCUT2D eigenvalue weighted by molar-refractivity contribution is -0.139. The van der Waals surface area contributed by atoms with Crippen molar-refractivity contribution in [3.05, 3.63) is 29.6 Å². The number of carboxylic acid groups (broad SMARTS) is 1. The molecule has 0 bridgehead atoms. The van der Waals surface area contributed by atoms with Gasteiger partial charge in [0.15, 0.2) is 0 Å². The number of carbonyl (C=O) groups is 2. The second kappa shape index (κ2) is 7.61. The number of nitrogens with zero attached hydrogens (tertiary/aromatic N) is 2. The zero-order valence-electron chi connectivity index (χ0n) is 13.0. The van der Waals surface area contributed by atoms with Crippen LogP contribution in [0, 0.1) is 12.8 Å². The van der Waals surface area contributed by atoms with Crippen molar-refractivity contribution in [1.29, 1.82) is 0 Å². The summed E-state index contributed by atoms with van der Waals surface area (Å²) in [7, 11) is 1.62. The molecule has 1 aromatic heterocycles. The smallest absolute Gasteiger partial charge is 0.326 e. The highest BCUT2D eigenvalue weighted by Crippen LogP contribution is 2.07. The number of pyridine rings is 1. The van der Waals surface area contributed by atoms with Gasteiger partial charge in [0.25, 0.3) is 0 Å². The Labute approximate surface area is 125 Å². The molecule has 0 aliphatic heterocycles. The van der Waals surface area contributed by atoms with E-state index in [9.17, 15) is 9.59 Å². The highest BCUT2D eigenvalue weighted by Gasteiger charge is 2.22. The third kappa shape index (κ3) is 5.81. The predicted molar refractivity (Wildman–Crippen MR) is 79.9 cm³/mol. The number of aliphatic carboxylic acids is 1. The van der Waals surface area contributed by atoms with E-state index in [1.807, 2.05) is 39.0 Å². The quantitative estimate of drug-likeness (QED) is 0.840. The Morgan fingerprint density at radius 1 is 1.38 bits per heavy atom. The maximum Gasteiger partial charge on any atom is 0.326 e. The van der Waals surface area contributed by atoms with Crippen molar-refractivity contribution in [2.24, 2.45) is 5.92 Å². The molecule has 6 heteroatoms. The minimum atomic E-state index is -1.01. The van der Waals surface area contributed by atoms with Crippen LogP contribution < -0.4 is 5.32 Å². The van der Waals surface area contributed by atoms with Gasteiger partial charge in [0.1, 0.15) is 6.04 Å². The van der Waals surface area contributed by atoms with Crippen LogP contribution >= 0.6 is 0 Å². The number of amides is 2. The third-order valence-electron chi connectivity index (χ3n) is 2.99. The normalized spacial score (nSPS) is 12.0. The molecule has 6 nitrogen and oxygen atoms in total. The maximum atomic E-state index is 12.1. The standard InChI is InChI=1S/C15H23N3O3/c1-10(2)8-13(14(19)20)17-15(21)18(4)9-12-7-5-6-11(3)16-12/h5-7,10,13H,8-9H2,1-4H3,(H,17,21)(H,19,20)/t13-/m1/s1. The minimum Gasteiger partial charge on any atom is -0.480 e. The zero-order chi connectivity index (χ0) is 16.0. The Bertz CT molecular complexity index is 503. The second-order valence-corrected chi connectivity index (χ2v) is 5.60. The fourth-order valence-corrected chi connectivity index (χ4v) is 1.95. The van der Waals surface area contributed by atoms with E-state index in [0.29, 0.717) is 13.0 Å². The van der Waals surface area contributed by atoms with Crippen molar-refractivity contribution in [3.8, 4) is 0 Å². The van der Waals surface area contributed by atoms with Gasteiger partial charge in [-0.2, -0.15) is 0 Å². The summed E-state index contributed by atoms with van der Waals surface area (Å²) in [5, 5.41) is 11.7. The first-order chi connectivity index (χ1) is 9.79. The van der Waals surface area contributed by atoms with E-state index in [-0.39, 0.29) is 5.92 Å². The average molecular weight is 293 g/mol. The van der Waals surface area contributed by atoms with Gasteiger partial charge in [-0.1, -0.05) is 19.9 Å². The number of nitrogens with one attached hydrogen (secondary N) is 1. The van der Waals surface area contributed by atoms with Crippen LogP contribution in [-0.4, -0.2) is 40.1 Å². The molecule has 0 spiro atoms. The maximum absolute atomic E-state index is 12.1. The van der Waals surface area contributed by atoms with Crippen LogP contribution in [0.15, 0.2) is 18.2 Å². The highest BCUT2D eigenvalue weighted by atomic mass is 16.4. The first-order valence-electron chi connectivity index (χ1n) is 6.96. The van der Waals surface area contributed by atoms with Gasteiger partial charge >= 0.3 is 12.0 Å². The predicted octanol–water partition coefficient (Wildman–Crippen LogP) is 2.03. The summed E-state index contributed by atoms with van der Waals surface area (Å²) in [4.78, 5) is 29.0. The summed E-state index contributed by atoms with van der Waals surface area (Å²) in [6, 6.07) is 4.31. The van der Waals surface area contributed by atoms with E-state index in [0.717, 1.165) is 11.4 Å². The van der Waals surface area contributed by atoms with Crippen LogP contribution in [0.3, 0.4) is 0 Å². The SMILES string of the molecule is Cc1cccc(CN(C)C(=O)N[C@H](CC(C)C)C(=O)O)n1. The fourth-order valence-electron chi connectivity index (χ4n) is 1.95. The molecular weight excluding hydrogens is 270 g/mol. The van der Waals surface area contributed by atoms with E-state index >= 15 is 0 Å². The van der Waals surface area contributed by atoms with E-state index < -0.39 is 18.0 Å². The fraction of sp³-hybridized carbons (Fsp3) is 0.533. The molecule has 0 radical (unpaired) electrons. The van der Waals surface area contributed by atoms with E-state index in [1.54, 1.807) is 7.05 Å². The molecule has 1 heterocycles. The molecule has 21 heavy (non-hydrogen) atoms. The number of rotatable bonds is 6. The largest absolute Gasteiger partial charge is 0.480 e. The minimum absolute atomic E-state index is 0.190. The zero-order valence-corrected chi connectivity index (χ0v) is 13.0. The molecular formula is C15H23N3O3. The average Bonchev–Trinajstić information content (AvgIpc) is 2.37. The lowest BCUT2D eigenvalue weighted by atomic mass is 10.0. The Balaban J connectivity index is 2.62. The first-order valence-corrected chi connectivity index (χ1v) is 6.96. The van der Waals surface area contributed by atoms with Gasteiger partial charge in [-0.3, -0.25) is 4.98 Å². The third-order valence-corrected chi connectivity index (χ3v) is 2.99. The molecule has 0 fully saturated rings. The van der Waals surface area contributed by atoms with Crippen molar-refractivity contribution in [3.63, 3.8) is 0 Å². The first kappa shape index (κ1) is 16.9. The van der Waals surface area contributed by atoms with Crippen LogP contribution in [0.25, 0.3) is 0 Å². The van der Waals surface area contributed by atoms with Gasteiger partial charge in [-0.15, -0.1) is 0 Å². The molecule has 0 unspecified atom stereocenters. The van der Waals surface area contributed by atoms with Crippen LogP contribution in [0.2, 0.25) is 0 Å². The van der Waals surface area contributed by atoms with Gasteiger partial charge in [0.05, 0.1) is 12.2 Å². The molecule has 2 amide bonds. The number of hydrogen-bond donors (Lipinski definition) is 2. The van der Waals surface area contributed by atoms with Crippen LogP contribution in [-0.2, 0) is 11.3 Å². The number of carbonyl (C=O) groups excluding carboxylic acids is 1. The van der Waals surface area contributed by atoms with E-state index in [4.69, 9.17) is 5.11 Å². The molecule has 1 rings (SSSR count). The Morgan fingerprint density at radius 3 is 2.57 bits per heavy atom. The monoisotopic (exact) mass is 293 g/mol. The van der Waals surface area contributed by atoms with Gasteiger partial charge < -0.3 is 15.3 Å². The highest BCUT2D eigenvalue weighted by molar-refractivity contribution is 5.82. The number of carboxylic acids is 1. The van der Waals surface area contributed by atoms with Gasteiger partial charge in [-0.25, -0.2) is 9.59 Å². The second-order valence-electron chi connectivity index (χ2n) is 5.60. The lowest BCUT2D eigenvalue weighted by Gasteiger charge is -2.22. The van der Waals surface area contributed by atoms with Crippen molar-refractivity contribution >= 4 is 12.0 Å². The molecule has 1 aromatic rings. The van der Waals surface area contributed by atoms with Crippen molar-refractivity contribution in [1.82, 2.24) is 15.2 Å². The van der Waals surface area contributed by atoms with E-state index in [1.165, 1.54) is 4.90 Å². The molecule has 0 saturated heterocycles. The molecule has 0 saturated carbocycles. The molecule has 116 valence electrons. The van der Waals surface area contributed by atoms with Crippen LogP contribution in [0.4, 0.5) is 4.79 Å². The van der Waals surface area contributed by atoms with Crippen molar-refractivity contribution in [2.75, 3.05) is 7.05 Å². The van der Waals surface area contributed by atoms with Crippen molar-refractivity contribution < 1.29 is 14.7 Å². The van der Waals surface area contributed by atoms with Gasteiger partial charge in [-0.05, 0) is 31.4 Å². The summed E-state index contributed by atoms with van der Waals surface area (Å²) in [5.74, 6) is -0.825. The van der Waals surface area contributed by atoms with Crippen LogP contribution in [0.5, 0.6) is 0 Å². The van der Waals surface area contributed by atoms with Gasteiger partial charge in [0.2, 0.25) is 0 Å². The summed E-state index contributed by atoms with van der Waals surface area (Å²) >= 11 is 0. The summed E-state index contributed by atoms with van der Waals surface area (Å²) in [6.07, 6.45) is 0.400. The lowest BCUT2D eigenvalue weighted by Crippen LogP contribution is -2.47. The molecule has 0 aromatic carbocycles.